The normalized spacial score (nSPS) is 46.2. The second kappa shape index (κ2) is 18.9. The standard InChI is InChI=1S/C44H75N3O14/c1-16-30-43(11)36(47(40(52)61-43)21-31(48)45-17-2)25(5)33(49)23(3)19-41(9,53-14)37(60-39-34(50)29(46(12)13)18-24(4)56-39)26(6)35(27(7)38(51)58-30)59-32-20-42(10,54-15)44(22-55-44)28(8)57-32/h23-30,32,34-37,39,50H,16-22H2,1-15H3,(H,45,48)/t23-,24-,25+,26+,27-,28+,29+,30-,32+,34-,35+,36-,37-,39+,41+,42-,43-,44-/m1/s1. The number of methoxy groups -OCH3 is 2. The van der Waals surface area contributed by atoms with Crippen molar-refractivity contribution in [2.45, 2.75) is 186 Å². The summed E-state index contributed by atoms with van der Waals surface area (Å²) in [6.45, 7) is 20.4. The van der Waals surface area contributed by atoms with Crippen LogP contribution < -0.4 is 5.32 Å². The molecular formula is C44H75N3O14. The topological polar surface area (TPSA) is 193 Å². The third-order valence-corrected chi connectivity index (χ3v) is 14.7. The van der Waals surface area contributed by atoms with E-state index in [2.05, 4.69) is 5.32 Å². The van der Waals surface area contributed by atoms with Gasteiger partial charge in [0, 0.05) is 51.0 Å². The summed E-state index contributed by atoms with van der Waals surface area (Å²) in [5.74, 6) is -4.57. The van der Waals surface area contributed by atoms with E-state index in [1.165, 1.54) is 12.0 Å². The smallest absolute Gasteiger partial charge is 0.411 e. The number of aliphatic hydroxyl groups is 1. The van der Waals surface area contributed by atoms with Gasteiger partial charge in [-0.2, -0.15) is 0 Å². The van der Waals surface area contributed by atoms with E-state index in [1.54, 1.807) is 41.7 Å². The van der Waals surface area contributed by atoms with Crippen molar-refractivity contribution >= 4 is 23.8 Å². The maximum atomic E-state index is 14.8. The zero-order chi connectivity index (χ0) is 45.6. The van der Waals surface area contributed by atoms with Gasteiger partial charge in [-0.15, -0.1) is 0 Å². The molecule has 5 heterocycles. The summed E-state index contributed by atoms with van der Waals surface area (Å²) in [6.07, 6.45) is -6.34. The van der Waals surface area contributed by atoms with Crippen LogP contribution in [0, 0.1) is 23.7 Å². The lowest BCUT2D eigenvalue weighted by Gasteiger charge is -2.50. The molecule has 350 valence electrons. The largest absolute Gasteiger partial charge is 0.458 e. The summed E-state index contributed by atoms with van der Waals surface area (Å²) < 4.78 is 57.7. The van der Waals surface area contributed by atoms with Crippen molar-refractivity contribution in [2.24, 2.45) is 23.7 Å². The van der Waals surface area contributed by atoms with Crippen LogP contribution in [0.2, 0.25) is 0 Å². The van der Waals surface area contributed by atoms with Gasteiger partial charge >= 0.3 is 12.1 Å². The van der Waals surface area contributed by atoms with Gasteiger partial charge in [0.2, 0.25) is 5.91 Å². The van der Waals surface area contributed by atoms with Gasteiger partial charge in [-0.1, -0.05) is 27.7 Å². The van der Waals surface area contributed by atoms with Crippen LogP contribution in [0.5, 0.6) is 0 Å². The molecule has 5 aliphatic rings. The van der Waals surface area contributed by atoms with Gasteiger partial charge in [0.05, 0.1) is 48.6 Å². The van der Waals surface area contributed by atoms with E-state index in [9.17, 15) is 24.3 Å². The quantitative estimate of drug-likeness (QED) is 0.227. The number of amides is 2. The number of carbonyl (C=O) groups is 4. The SMILES string of the molecule is CCNC(=O)CN1C(=O)O[C@]2(C)[C@@H](CC)OC(=O)[C@H](C)[C@@H](O[C@H]3C[C@@](C)(OC)[C@@]4(CO4)[C@H](C)O3)[C@H](C)[C@@H](O[C@@H]3O[C@H](C)C[C@H](N(C)C)[C@H]3O)[C@@](C)(OC)C[C@@H](C)C(=O)[C@H](C)[C@@H]12. The van der Waals surface area contributed by atoms with Crippen LogP contribution in [0.1, 0.15) is 102 Å². The predicted molar refractivity (Wildman–Crippen MR) is 221 cm³/mol. The number of hydrogen-bond acceptors (Lipinski definition) is 15. The van der Waals surface area contributed by atoms with E-state index >= 15 is 0 Å². The molecule has 0 bridgehead atoms. The fraction of sp³-hybridized carbons (Fsp3) is 0.909. The minimum Gasteiger partial charge on any atom is -0.458 e. The number of cyclic esters (lactones) is 1. The fourth-order valence-corrected chi connectivity index (χ4v) is 10.9. The first-order valence-electron chi connectivity index (χ1n) is 22.2. The second-order valence-corrected chi connectivity index (χ2v) is 19.1. The monoisotopic (exact) mass is 870 g/mol. The lowest BCUT2D eigenvalue weighted by Crippen LogP contribution is -2.62. The number of aliphatic hydroxyl groups excluding tert-OH is 1. The van der Waals surface area contributed by atoms with E-state index in [0.717, 1.165) is 0 Å². The van der Waals surface area contributed by atoms with Crippen LogP contribution in [0.3, 0.4) is 0 Å². The number of Topliss-reactive ketones (excluding diaryl/α,β-unsaturated/α-hetero) is 1. The van der Waals surface area contributed by atoms with Crippen molar-refractivity contribution < 1.29 is 66.9 Å². The predicted octanol–water partition coefficient (Wildman–Crippen LogP) is 3.45. The summed E-state index contributed by atoms with van der Waals surface area (Å²) in [5, 5.41) is 14.5. The lowest BCUT2D eigenvalue weighted by molar-refractivity contribution is -0.316. The van der Waals surface area contributed by atoms with Gasteiger partial charge in [-0.25, -0.2) is 4.79 Å². The van der Waals surface area contributed by atoms with Crippen LogP contribution in [0.15, 0.2) is 0 Å². The van der Waals surface area contributed by atoms with E-state index in [-0.39, 0.29) is 43.7 Å². The van der Waals surface area contributed by atoms with E-state index in [0.29, 0.717) is 19.6 Å². The molecule has 2 N–H and O–H groups in total. The summed E-state index contributed by atoms with van der Waals surface area (Å²) in [4.78, 5) is 59.7. The van der Waals surface area contributed by atoms with Gasteiger partial charge < -0.3 is 58.0 Å². The second-order valence-electron chi connectivity index (χ2n) is 19.1. The first-order valence-corrected chi connectivity index (χ1v) is 22.2. The number of carbonyl (C=O) groups excluding carboxylic acids is 4. The Morgan fingerprint density at radius 1 is 0.951 bits per heavy atom. The molecule has 2 amide bonds. The van der Waals surface area contributed by atoms with Crippen molar-refractivity contribution in [3.05, 3.63) is 0 Å². The molecular weight excluding hydrogens is 794 g/mol. The highest BCUT2D eigenvalue weighted by Crippen LogP contribution is 2.52. The third-order valence-electron chi connectivity index (χ3n) is 14.7. The van der Waals surface area contributed by atoms with Gasteiger partial charge in [0.25, 0.3) is 0 Å². The fourth-order valence-electron chi connectivity index (χ4n) is 10.9. The Balaban J connectivity index is 1.64. The molecule has 5 saturated heterocycles. The summed E-state index contributed by atoms with van der Waals surface area (Å²) in [7, 11) is 6.95. The molecule has 5 rings (SSSR count). The van der Waals surface area contributed by atoms with E-state index in [1.807, 2.05) is 60.5 Å². The zero-order valence-corrected chi connectivity index (χ0v) is 39.2. The van der Waals surface area contributed by atoms with Gasteiger partial charge in [0.15, 0.2) is 18.2 Å². The average Bonchev–Trinajstić information content (AvgIpc) is 3.98. The minimum absolute atomic E-state index is 0.118. The summed E-state index contributed by atoms with van der Waals surface area (Å²) >= 11 is 0. The Labute approximate surface area is 362 Å². The van der Waals surface area contributed by atoms with Crippen LogP contribution >= 0.6 is 0 Å². The third kappa shape index (κ3) is 9.38. The van der Waals surface area contributed by atoms with E-state index < -0.39 is 113 Å². The van der Waals surface area contributed by atoms with Crippen molar-refractivity contribution in [3.8, 4) is 0 Å². The molecule has 17 nitrogen and oxygen atoms in total. The molecule has 17 heteroatoms. The maximum absolute atomic E-state index is 14.8. The molecule has 5 aliphatic heterocycles. The van der Waals surface area contributed by atoms with Crippen molar-refractivity contribution in [2.75, 3.05) is 48.0 Å². The molecule has 0 radical (unpaired) electrons. The van der Waals surface area contributed by atoms with E-state index in [4.69, 9.17) is 42.6 Å². The number of hydrogen-bond donors (Lipinski definition) is 2. The molecule has 0 aromatic carbocycles. The minimum atomic E-state index is -1.53. The number of ether oxygens (including phenoxy) is 9. The number of nitrogens with zero attached hydrogens (tertiary/aromatic N) is 2. The van der Waals surface area contributed by atoms with Gasteiger partial charge in [0.1, 0.15) is 35.7 Å². The summed E-state index contributed by atoms with van der Waals surface area (Å²) in [6, 6.07) is -1.28. The van der Waals surface area contributed by atoms with Crippen molar-refractivity contribution in [1.29, 1.82) is 0 Å². The number of likely N-dealkylation sites (N-methyl/N-ethyl adjacent to an activating group) is 2. The number of fused-ring (bicyclic) bond motifs is 1. The molecule has 18 atom stereocenters. The first kappa shape index (κ1) is 49.5. The molecule has 1 spiro atoms. The number of nitrogens with one attached hydrogen (secondary N) is 1. The van der Waals surface area contributed by atoms with Crippen LogP contribution in [0.4, 0.5) is 4.79 Å². The highest BCUT2D eigenvalue weighted by atomic mass is 16.7. The number of ketones is 1. The summed E-state index contributed by atoms with van der Waals surface area (Å²) in [5.41, 5.74) is -4.24. The van der Waals surface area contributed by atoms with Crippen LogP contribution in [-0.2, 0) is 57.0 Å². The zero-order valence-electron chi connectivity index (χ0n) is 39.2. The van der Waals surface area contributed by atoms with Crippen LogP contribution in [-0.4, -0.2) is 170 Å². The molecule has 0 unspecified atom stereocenters. The van der Waals surface area contributed by atoms with Gasteiger partial charge in [-0.05, 0) is 81.8 Å². The molecule has 0 aromatic rings. The molecule has 5 fully saturated rings. The molecule has 0 aromatic heterocycles. The Morgan fingerprint density at radius 3 is 2.16 bits per heavy atom. The molecule has 0 aliphatic carbocycles. The molecule has 0 saturated carbocycles. The maximum Gasteiger partial charge on any atom is 0.411 e. The number of esters is 1. The highest BCUT2D eigenvalue weighted by Gasteiger charge is 2.68. The average molecular weight is 870 g/mol. The first-order chi connectivity index (χ1) is 28.5. The number of epoxide rings is 1. The Kier molecular flexibility index (Phi) is 15.4. The van der Waals surface area contributed by atoms with Gasteiger partial charge in [-0.3, -0.25) is 19.3 Å². The Bertz CT molecular complexity index is 1580. The Morgan fingerprint density at radius 2 is 1.61 bits per heavy atom. The van der Waals surface area contributed by atoms with Crippen LogP contribution in [0.25, 0.3) is 0 Å². The van der Waals surface area contributed by atoms with Crippen molar-refractivity contribution in [1.82, 2.24) is 15.1 Å². The number of rotatable bonds is 11. The van der Waals surface area contributed by atoms with Crippen molar-refractivity contribution in [3.63, 3.8) is 0 Å². The molecule has 61 heavy (non-hydrogen) atoms. The highest BCUT2D eigenvalue weighted by molar-refractivity contribution is 5.87. The Hall–Kier alpha value is -2.48. The lowest BCUT2D eigenvalue weighted by atomic mass is 9.73.